The summed E-state index contributed by atoms with van der Waals surface area (Å²) in [5, 5.41) is 11.0. The molecule has 1 heterocycles. The Morgan fingerprint density at radius 2 is 2.11 bits per heavy atom. The highest BCUT2D eigenvalue weighted by Crippen LogP contribution is 2.39. The number of aliphatic hydroxyl groups is 1. The summed E-state index contributed by atoms with van der Waals surface area (Å²) >= 11 is 5.94. The molecule has 0 saturated heterocycles. The zero-order valence-electron chi connectivity index (χ0n) is 11.5. The number of rotatable bonds is 4. The van der Waals surface area contributed by atoms with E-state index in [2.05, 4.69) is 11.9 Å². The van der Waals surface area contributed by atoms with Crippen LogP contribution in [-0.4, -0.2) is 10.1 Å². The van der Waals surface area contributed by atoms with Crippen molar-refractivity contribution in [1.82, 2.24) is 4.98 Å². The molecule has 1 aromatic rings. The Labute approximate surface area is 120 Å². The lowest BCUT2D eigenvalue weighted by molar-refractivity contribution is 0.0726. The Balaban J connectivity index is 2.01. The van der Waals surface area contributed by atoms with E-state index in [0.29, 0.717) is 16.4 Å². The van der Waals surface area contributed by atoms with E-state index in [1.807, 2.05) is 0 Å². The van der Waals surface area contributed by atoms with Gasteiger partial charge in [0.1, 0.15) is 5.82 Å². The van der Waals surface area contributed by atoms with Crippen LogP contribution in [0.2, 0.25) is 5.02 Å². The summed E-state index contributed by atoms with van der Waals surface area (Å²) in [4.78, 5) is 4.02. The highest BCUT2D eigenvalue weighted by atomic mass is 35.5. The minimum Gasteiger partial charge on any atom is -0.388 e. The third-order valence-corrected chi connectivity index (χ3v) is 4.48. The zero-order chi connectivity index (χ0) is 13.8. The summed E-state index contributed by atoms with van der Waals surface area (Å²) in [5.74, 6) is 1.52. The summed E-state index contributed by atoms with van der Waals surface area (Å²) in [6, 6.07) is 1.74. The first-order valence-corrected chi connectivity index (χ1v) is 7.58. The Morgan fingerprint density at radius 1 is 1.42 bits per heavy atom. The minimum atomic E-state index is -0.534. The maximum Gasteiger partial charge on any atom is 0.129 e. The van der Waals surface area contributed by atoms with E-state index < -0.39 is 6.10 Å². The molecule has 0 aliphatic heterocycles. The molecule has 1 unspecified atom stereocenters. The average Bonchev–Trinajstić information content (AvgIpc) is 2.42. The van der Waals surface area contributed by atoms with Gasteiger partial charge in [-0.2, -0.15) is 0 Å². The first-order valence-electron chi connectivity index (χ1n) is 7.20. The molecule has 0 spiro atoms. The second kappa shape index (κ2) is 6.58. The largest absolute Gasteiger partial charge is 0.388 e. The number of hydrogen-bond donors (Lipinski definition) is 2. The predicted octanol–water partition coefficient (Wildman–Crippen LogP) is 3.96. The molecule has 1 fully saturated rings. The first kappa shape index (κ1) is 14.6. The molecule has 1 saturated carbocycles. The maximum atomic E-state index is 10.5. The van der Waals surface area contributed by atoms with Gasteiger partial charge < -0.3 is 10.8 Å². The van der Waals surface area contributed by atoms with Crippen LogP contribution in [0.3, 0.4) is 0 Å². The van der Waals surface area contributed by atoms with Crippen LogP contribution in [0.5, 0.6) is 0 Å². The van der Waals surface area contributed by atoms with Crippen molar-refractivity contribution in [1.29, 1.82) is 0 Å². The quantitative estimate of drug-likeness (QED) is 0.879. The zero-order valence-corrected chi connectivity index (χ0v) is 12.2. The molecule has 0 amide bonds. The van der Waals surface area contributed by atoms with Crippen molar-refractivity contribution in [3.8, 4) is 0 Å². The summed E-state index contributed by atoms with van der Waals surface area (Å²) < 4.78 is 0. The van der Waals surface area contributed by atoms with E-state index in [-0.39, 0.29) is 5.92 Å². The fourth-order valence-electron chi connectivity index (χ4n) is 3.16. The van der Waals surface area contributed by atoms with Crippen LogP contribution in [0, 0.1) is 11.8 Å². The Hall–Kier alpha value is -0.800. The third kappa shape index (κ3) is 3.61. The lowest BCUT2D eigenvalue weighted by Gasteiger charge is -2.31. The van der Waals surface area contributed by atoms with Gasteiger partial charge in [0.15, 0.2) is 0 Å². The van der Waals surface area contributed by atoms with Crippen LogP contribution in [0.25, 0.3) is 0 Å². The molecule has 1 aliphatic carbocycles. The van der Waals surface area contributed by atoms with Gasteiger partial charge in [0.25, 0.3) is 0 Å². The molecule has 0 bridgehead atoms. The monoisotopic (exact) mass is 282 g/mol. The van der Waals surface area contributed by atoms with Crippen LogP contribution >= 0.6 is 11.6 Å². The number of aromatic nitrogens is 1. The Kier molecular flexibility index (Phi) is 5.06. The van der Waals surface area contributed by atoms with Crippen LogP contribution in [0.1, 0.15) is 57.1 Å². The van der Waals surface area contributed by atoms with Crippen molar-refractivity contribution in [2.24, 2.45) is 11.8 Å². The number of nitrogens with zero attached hydrogens (tertiary/aromatic N) is 1. The van der Waals surface area contributed by atoms with Crippen LogP contribution in [-0.2, 0) is 0 Å². The molecule has 2 rings (SSSR count). The number of pyridine rings is 1. The summed E-state index contributed by atoms with van der Waals surface area (Å²) in [5.41, 5.74) is 6.53. The third-order valence-electron chi connectivity index (χ3n) is 4.27. The van der Waals surface area contributed by atoms with Gasteiger partial charge in [-0.25, -0.2) is 4.98 Å². The smallest absolute Gasteiger partial charge is 0.129 e. The van der Waals surface area contributed by atoms with Gasteiger partial charge in [-0.3, -0.25) is 0 Å². The van der Waals surface area contributed by atoms with E-state index in [4.69, 9.17) is 17.3 Å². The van der Waals surface area contributed by atoms with Crippen molar-refractivity contribution in [2.75, 3.05) is 5.73 Å². The first-order chi connectivity index (χ1) is 9.11. The van der Waals surface area contributed by atoms with Gasteiger partial charge in [0, 0.05) is 11.8 Å². The SMILES string of the molecule is CCCC1CCC(C(O)c2cc(Cl)cnc2N)CC1. The molecule has 1 aromatic heterocycles. The van der Waals surface area contributed by atoms with Crippen LogP contribution < -0.4 is 5.73 Å². The van der Waals surface area contributed by atoms with Gasteiger partial charge >= 0.3 is 0 Å². The summed E-state index contributed by atoms with van der Waals surface area (Å²) in [6.07, 6.45) is 8.11. The van der Waals surface area contributed by atoms with Crippen LogP contribution in [0.4, 0.5) is 5.82 Å². The fourth-order valence-corrected chi connectivity index (χ4v) is 3.32. The van der Waals surface area contributed by atoms with E-state index >= 15 is 0 Å². The highest BCUT2D eigenvalue weighted by Gasteiger charge is 2.28. The second-order valence-electron chi connectivity index (χ2n) is 5.64. The Morgan fingerprint density at radius 3 is 2.74 bits per heavy atom. The molecular formula is C15H23ClN2O. The Bertz CT molecular complexity index is 417. The fraction of sp³-hybridized carbons (Fsp3) is 0.667. The lowest BCUT2D eigenvalue weighted by atomic mass is 9.76. The molecule has 0 radical (unpaired) electrons. The standard InChI is InChI=1S/C15H23ClN2O/c1-2-3-10-4-6-11(7-5-10)14(19)13-8-12(16)9-18-15(13)17/h8-11,14,19H,2-7H2,1H3,(H2,17,18). The average molecular weight is 283 g/mol. The van der Waals surface area contributed by atoms with Crippen LogP contribution in [0.15, 0.2) is 12.3 Å². The summed E-state index contributed by atoms with van der Waals surface area (Å²) in [6.45, 7) is 2.24. The molecule has 3 N–H and O–H groups in total. The molecular weight excluding hydrogens is 260 g/mol. The topological polar surface area (TPSA) is 59.1 Å². The summed E-state index contributed by atoms with van der Waals surface area (Å²) in [7, 11) is 0. The molecule has 106 valence electrons. The van der Waals surface area contributed by atoms with Crippen molar-refractivity contribution < 1.29 is 5.11 Å². The number of nitrogen functional groups attached to an aromatic ring is 1. The maximum absolute atomic E-state index is 10.5. The molecule has 3 nitrogen and oxygen atoms in total. The van der Waals surface area contributed by atoms with Crippen molar-refractivity contribution in [3.63, 3.8) is 0 Å². The van der Waals surface area contributed by atoms with Gasteiger partial charge in [-0.1, -0.05) is 44.2 Å². The predicted molar refractivity (Wildman–Crippen MR) is 79.0 cm³/mol. The lowest BCUT2D eigenvalue weighted by Crippen LogP contribution is -2.21. The number of aliphatic hydroxyl groups excluding tert-OH is 1. The van der Waals surface area contributed by atoms with E-state index in [9.17, 15) is 5.11 Å². The normalized spacial score (nSPS) is 25.2. The number of halogens is 1. The van der Waals surface area contributed by atoms with Gasteiger partial charge in [0.05, 0.1) is 11.1 Å². The molecule has 0 aromatic carbocycles. The number of nitrogens with two attached hydrogens (primary N) is 1. The second-order valence-corrected chi connectivity index (χ2v) is 6.08. The molecule has 1 atom stereocenters. The van der Waals surface area contributed by atoms with Crippen molar-refractivity contribution in [2.45, 2.75) is 51.6 Å². The molecule has 19 heavy (non-hydrogen) atoms. The van der Waals surface area contributed by atoms with Crippen molar-refractivity contribution in [3.05, 3.63) is 22.8 Å². The van der Waals surface area contributed by atoms with E-state index in [1.54, 1.807) is 6.07 Å². The van der Waals surface area contributed by atoms with E-state index in [0.717, 1.165) is 18.8 Å². The van der Waals surface area contributed by atoms with Gasteiger partial charge in [0.2, 0.25) is 0 Å². The highest BCUT2D eigenvalue weighted by molar-refractivity contribution is 6.30. The van der Waals surface area contributed by atoms with Crippen molar-refractivity contribution >= 4 is 17.4 Å². The molecule has 4 heteroatoms. The van der Waals surface area contributed by atoms with Gasteiger partial charge in [-0.15, -0.1) is 0 Å². The minimum absolute atomic E-state index is 0.288. The number of hydrogen-bond acceptors (Lipinski definition) is 3. The van der Waals surface area contributed by atoms with Gasteiger partial charge in [-0.05, 0) is 30.7 Å². The number of anilines is 1. The molecule has 1 aliphatic rings. The van der Waals surface area contributed by atoms with E-state index in [1.165, 1.54) is 31.9 Å².